The number of nitrogens with one attached hydrogen (secondary N) is 1. The van der Waals surface area contributed by atoms with Crippen LogP contribution in [0.1, 0.15) is 63.7 Å². The Bertz CT molecular complexity index is 956. The SMILES string of the molecule is CCC(C)N(CC(=O)N(CCc1ccc(OC)c(OC)c1)Cc1ccco1)C(=O)NC1CCCCC1. The highest BCUT2D eigenvalue weighted by atomic mass is 16.5. The largest absolute Gasteiger partial charge is 0.493 e. The Labute approximate surface area is 214 Å². The van der Waals surface area contributed by atoms with Gasteiger partial charge in [0, 0.05) is 18.6 Å². The second-order valence-corrected chi connectivity index (χ2v) is 9.50. The van der Waals surface area contributed by atoms with Crippen LogP contribution in [-0.4, -0.2) is 61.1 Å². The molecule has 1 atom stereocenters. The van der Waals surface area contributed by atoms with Crippen molar-refractivity contribution < 1.29 is 23.5 Å². The van der Waals surface area contributed by atoms with Gasteiger partial charge in [-0.1, -0.05) is 32.3 Å². The summed E-state index contributed by atoms with van der Waals surface area (Å²) in [5.41, 5.74) is 1.03. The molecule has 1 N–H and O–H groups in total. The summed E-state index contributed by atoms with van der Waals surface area (Å²) in [6.07, 6.45) is 8.52. The van der Waals surface area contributed by atoms with Gasteiger partial charge in [-0.25, -0.2) is 4.79 Å². The Morgan fingerprint density at radius 2 is 1.86 bits per heavy atom. The topological polar surface area (TPSA) is 84.2 Å². The fraction of sp³-hybridized carbons (Fsp3) is 0.571. The lowest BCUT2D eigenvalue weighted by Gasteiger charge is -2.33. The zero-order valence-corrected chi connectivity index (χ0v) is 22.1. The highest BCUT2D eigenvalue weighted by Gasteiger charge is 2.27. The van der Waals surface area contributed by atoms with Gasteiger partial charge < -0.3 is 29.0 Å². The number of nitrogens with zero attached hydrogens (tertiary/aromatic N) is 2. The molecule has 8 heteroatoms. The van der Waals surface area contributed by atoms with E-state index < -0.39 is 0 Å². The summed E-state index contributed by atoms with van der Waals surface area (Å²) in [5, 5.41) is 3.18. The molecule has 3 rings (SSSR count). The van der Waals surface area contributed by atoms with Crippen LogP contribution >= 0.6 is 0 Å². The van der Waals surface area contributed by atoms with Crippen LogP contribution in [-0.2, 0) is 17.8 Å². The maximum atomic E-state index is 13.6. The standard InChI is InChI=1S/C28H41N3O5/c1-5-21(2)31(28(33)29-23-10-7-6-8-11-23)20-27(32)30(19-24-12-9-17-36-24)16-15-22-13-14-25(34-3)26(18-22)35-4/h9,12-14,17-18,21,23H,5-8,10-11,15-16,19-20H2,1-4H3,(H,29,33). The molecular formula is C28H41N3O5. The molecule has 198 valence electrons. The van der Waals surface area contributed by atoms with E-state index in [9.17, 15) is 9.59 Å². The minimum absolute atomic E-state index is 0.0280. The summed E-state index contributed by atoms with van der Waals surface area (Å²) in [6.45, 7) is 4.88. The molecule has 1 aliphatic rings. The monoisotopic (exact) mass is 499 g/mol. The van der Waals surface area contributed by atoms with Gasteiger partial charge in [-0.15, -0.1) is 0 Å². The molecular weight excluding hydrogens is 458 g/mol. The number of amides is 3. The average molecular weight is 500 g/mol. The van der Waals surface area contributed by atoms with Crippen molar-refractivity contribution in [3.63, 3.8) is 0 Å². The van der Waals surface area contributed by atoms with Crippen molar-refractivity contribution in [2.24, 2.45) is 0 Å². The minimum atomic E-state index is -0.151. The molecule has 0 aliphatic heterocycles. The molecule has 1 fully saturated rings. The molecule has 2 aromatic rings. The van der Waals surface area contributed by atoms with Crippen LogP contribution in [0.5, 0.6) is 11.5 Å². The van der Waals surface area contributed by atoms with Crippen LogP contribution in [0.4, 0.5) is 4.79 Å². The summed E-state index contributed by atoms with van der Waals surface area (Å²) < 4.78 is 16.3. The third kappa shape index (κ3) is 7.67. The number of carbonyl (C=O) groups excluding carboxylic acids is 2. The van der Waals surface area contributed by atoms with Crippen molar-refractivity contribution in [2.45, 2.75) is 77.4 Å². The summed E-state index contributed by atoms with van der Waals surface area (Å²) in [4.78, 5) is 30.2. The van der Waals surface area contributed by atoms with Crippen molar-refractivity contribution in [2.75, 3.05) is 27.3 Å². The van der Waals surface area contributed by atoms with Gasteiger partial charge in [-0.3, -0.25) is 4.79 Å². The van der Waals surface area contributed by atoms with E-state index in [2.05, 4.69) is 5.32 Å². The normalized spacial score (nSPS) is 14.7. The van der Waals surface area contributed by atoms with E-state index in [4.69, 9.17) is 13.9 Å². The zero-order valence-electron chi connectivity index (χ0n) is 22.1. The molecule has 8 nitrogen and oxygen atoms in total. The second-order valence-electron chi connectivity index (χ2n) is 9.50. The fourth-order valence-corrected chi connectivity index (χ4v) is 4.58. The van der Waals surface area contributed by atoms with Crippen molar-refractivity contribution >= 4 is 11.9 Å². The number of benzene rings is 1. The Balaban J connectivity index is 1.71. The van der Waals surface area contributed by atoms with E-state index in [1.165, 1.54) is 6.42 Å². The molecule has 1 unspecified atom stereocenters. The zero-order chi connectivity index (χ0) is 25.9. The summed E-state index contributed by atoms with van der Waals surface area (Å²) in [5.74, 6) is 1.92. The summed E-state index contributed by atoms with van der Waals surface area (Å²) >= 11 is 0. The highest BCUT2D eigenvalue weighted by molar-refractivity contribution is 5.84. The van der Waals surface area contributed by atoms with Crippen LogP contribution in [0.3, 0.4) is 0 Å². The van der Waals surface area contributed by atoms with E-state index in [0.717, 1.165) is 37.7 Å². The third-order valence-electron chi connectivity index (χ3n) is 7.02. The van der Waals surface area contributed by atoms with Crippen molar-refractivity contribution in [3.05, 3.63) is 47.9 Å². The highest BCUT2D eigenvalue weighted by Crippen LogP contribution is 2.28. The third-order valence-corrected chi connectivity index (χ3v) is 7.02. The van der Waals surface area contributed by atoms with E-state index >= 15 is 0 Å². The Morgan fingerprint density at radius 1 is 1.11 bits per heavy atom. The van der Waals surface area contributed by atoms with Crippen LogP contribution in [0.25, 0.3) is 0 Å². The molecule has 1 saturated carbocycles. The Hall–Kier alpha value is -3.16. The summed E-state index contributed by atoms with van der Waals surface area (Å²) in [7, 11) is 3.21. The van der Waals surface area contributed by atoms with Gasteiger partial charge >= 0.3 is 6.03 Å². The molecule has 36 heavy (non-hydrogen) atoms. The first kappa shape index (κ1) is 27.4. The number of rotatable bonds is 12. The molecule has 0 radical (unpaired) electrons. The first-order chi connectivity index (χ1) is 17.4. The smallest absolute Gasteiger partial charge is 0.318 e. The van der Waals surface area contributed by atoms with Gasteiger partial charge in [-0.2, -0.15) is 0 Å². The van der Waals surface area contributed by atoms with E-state index in [1.54, 1.807) is 30.3 Å². The fourth-order valence-electron chi connectivity index (χ4n) is 4.58. The maximum absolute atomic E-state index is 13.6. The predicted molar refractivity (Wildman–Crippen MR) is 139 cm³/mol. The van der Waals surface area contributed by atoms with Gasteiger partial charge in [0.05, 0.1) is 27.0 Å². The van der Waals surface area contributed by atoms with E-state index in [-0.39, 0.29) is 30.6 Å². The molecule has 1 aliphatic carbocycles. The number of hydrogen-bond acceptors (Lipinski definition) is 5. The quantitative estimate of drug-likeness (QED) is 0.444. The van der Waals surface area contributed by atoms with Crippen molar-refractivity contribution in [3.8, 4) is 11.5 Å². The first-order valence-electron chi connectivity index (χ1n) is 13.0. The molecule has 1 aromatic heterocycles. The number of furan rings is 1. The average Bonchev–Trinajstić information content (AvgIpc) is 3.42. The van der Waals surface area contributed by atoms with Crippen molar-refractivity contribution in [1.29, 1.82) is 0 Å². The number of urea groups is 1. The van der Waals surface area contributed by atoms with Crippen LogP contribution in [0.2, 0.25) is 0 Å². The summed E-state index contributed by atoms with van der Waals surface area (Å²) in [6, 6.07) is 9.44. The van der Waals surface area contributed by atoms with E-state index in [1.807, 2.05) is 44.2 Å². The molecule has 0 saturated heterocycles. The lowest BCUT2D eigenvalue weighted by molar-refractivity contribution is -0.133. The van der Waals surface area contributed by atoms with Gasteiger partial charge in [0.25, 0.3) is 0 Å². The maximum Gasteiger partial charge on any atom is 0.318 e. The predicted octanol–water partition coefficient (Wildman–Crippen LogP) is 5.01. The van der Waals surface area contributed by atoms with Crippen LogP contribution in [0, 0.1) is 0 Å². The Kier molecular flexibility index (Phi) is 10.5. The van der Waals surface area contributed by atoms with Crippen molar-refractivity contribution in [1.82, 2.24) is 15.1 Å². The lowest BCUT2D eigenvalue weighted by Crippen LogP contribution is -2.52. The number of ether oxygens (including phenoxy) is 2. The molecule has 3 amide bonds. The minimum Gasteiger partial charge on any atom is -0.493 e. The number of hydrogen-bond donors (Lipinski definition) is 1. The number of carbonyl (C=O) groups is 2. The molecule has 1 aromatic carbocycles. The van der Waals surface area contributed by atoms with Crippen LogP contribution < -0.4 is 14.8 Å². The first-order valence-corrected chi connectivity index (χ1v) is 13.0. The van der Waals surface area contributed by atoms with Gasteiger partial charge in [0.1, 0.15) is 12.3 Å². The van der Waals surface area contributed by atoms with Gasteiger partial charge in [0.2, 0.25) is 5.91 Å². The van der Waals surface area contributed by atoms with E-state index in [0.29, 0.717) is 36.8 Å². The van der Waals surface area contributed by atoms with Crippen LogP contribution in [0.15, 0.2) is 41.0 Å². The van der Waals surface area contributed by atoms with Gasteiger partial charge in [-0.05, 0) is 62.4 Å². The molecule has 1 heterocycles. The molecule has 0 bridgehead atoms. The second kappa shape index (κ2) is 13.8. The molecule has 0 spiro atoms. The van der Waals surface area contributed by atoms with Gasteiger partial charge in [0.15, 0.2) is 11.5 Å². The Morgan fingerprint density at radius 3 is 2.50 bits per heavy atom. The number of methoxy groups -OCH3 is 2. The lowest BCUT2D eigenvalue weighted by atomic mass is 9.96.